The minimum Gasteiger partial charge on any atom is -0.497 e. The van der Waals surface area contributed by atoms with E-state index >= 15 is 0 Å². The highest BCUT2D eigenvalue weighted by Crippen LogP contribution is 2.18. The molecule has 1 aliphatic heterocycles. The lowest BCUT2D eigenvalue weighted by molar-refractivity contribution is -0.142. The first-order valence-electron chi connectivity index (χ1n) is 7.34. The lowest BCUT2D eigenvalue weighted by Gasteiger charge is -2.21. The van der Waals surface area contributed by atoms with Gasteiger partial charge in [-0.1, -0.05) is 12.1 Å². The first kappa shape index (κ1) is 16.3. The average Bonchev–Trinajstić information content (AvgIpc) is 3.02. The highest BCUT2D eigenvalue weighted by atomic mass is 16.5. The molecule has 2 rings (SSSR count). The molecule has 120 valence electrons. The molecule has 1 heterocycles. The molecule has 6 nitrogen and oxygen atoms in total. The molecule has 2 N–H and O–H groups in total. The monoisotopic (exact) mass is 306 g/mol. The summed E-state index contributed by atoms with van der Waals surface area (Å²) in [5.74, 6) is 0.0605. The molecular formula is C16H22N2O4. The van der Waals surface area contributed by atoms with Crippen molar-refractivity contribution in [3.63, 3.8) is 0 Å². The van der Waals surface area contributed by atoms with Crippen LogP contribution in [0.1, 0.15) is 18.9 Å². The van der Waals surface area contributed by atoms with Gasteiger partial charge in [-0.2, -0.15) is 0 Å². The van der Waals surface area contributed by atoms with Crippen molar-refractivity contribution in [1.82, 2.24) is 4.90 Å². The van der Waals surface area contributed by atoms with Gasteiger partial charge in [-0.3, -0.25) is 9.59 Å². The fourth-order valence-corrected chi connectivity index (χ4v) is 2.50. The molecule has 0 aromatic heterocycles. The maximum absolute atomic E-state index is 12.3. The lowest BCUT2D eigenvalue weighted by Crippen LogP contribution is -2.38. The van der Waals surface area contributed by atoms with Crippen LogP contribution in [0.5, 0.6) is 5.75 Å². The van der Waals surface area contributed by atoms with Gasteiger partial charge in [0.2, 0.25) is 5.91 Å². The molecule has 2 atom stereocenters. The van der Waals surface area contributed by atoms with E-state index in [1.165, 1.54) is 0 Å². The van der Waals surface area contributed by atoms with Gasteiger partial charge in [0, 0.05) is 13.1 Å². The SMILES string of the molecule is COc1cccc(CO[C@H](C)C(=O)N2CC[C@@H](C(N)=O)C2)c1. The Morgan fingerprint density at radius 2 is 2.23 bits per heavy atom. The molecule has 2 amide bonds. The van der Waals surface area contributed by atoms with Gasteiger partial charge in [0.15, 0.2) is 0 Å². The lowest BCUT2D eigenvalue weighted by atomic mass is 10.1. The van der Waals surface area contributed by atoms with Crippen molar-refractivity contribution in [2.24, 2.45) is 11.7 Å². The summed E-state index contributed by atoms with van der Waals surface area (Å²) in [5.41, 5.74) is 6.22. The quantitative estimate of drug-likeness (QED) is 0.848. The molecule has 0 bridgehead atoms. The summed E-state index contributed by atoms with van der Waals surface area (Å²) in [5, 5.41) is 0. The second-order valence-electron chi connectivity index (χ2n) is 5.48. The van der Waals surface area contributed by atoms with Crippen molar-refractivity contribution in [2.45, 2.75) is 26.1 Å². The summed E-state index contributed by atoms with van der Waals surface area (Å²) in [6.45, 7) is 3.00. The summed E-state index contributed by atoms with van der Waals surface area (Å²) >= 11 is 0. The largest absolute Gasteiger partial charge is 0.497 e. The minimum atomic E-state index is -0.558. The zero-order valence-electron chi connectivity index (χ0n) is 13.0. The highest BCUT2D eigenvalue weighted by Gasteiger charge is 2.31. The number of hydrogen-bond donors (Lipinski definition) is 1. The van der Waals surface area contributed by atoms with Gasteiger partial charge in [-0.25, -0.2) is 0 Å². The summed E-state index contributed by atoms with van der Waals surface area (Å²) < 4.78 is 10.8. The molecule has 1 saturated heterocycles. The molecule has 1 fully saturated rings. The molecule has 1 aromatic rings. The second-order valence-corrected chi connectivity index (χ2v) is 5.48. The average molecular weight is 306 g/mol. The number of rotatable bonds is 6. The van der Waals surface area contributed by atoms with E-state index in [1.807, 2.05) is 24.3 Å². The molecule has 0 spiro atoms. The molecule has 0 aliphatic carbocycles. The van der Waals surface area contributed by atoms with E-state index in [-0.39, 0.29) is 17.7 Å². The molecule has 0 radical (unpaired) electrons. The van der Waals surface area contributed by atoms with E-state index in [4.69, 9.17) is 15.2 Å². The third kappa shape index (κ3) is 3.98. The van der Waals surface area contributed by atoms with Crippen LogP contribution in [0.3, 0.4) is 0 Å². The van der Waals surface area contributed by atoms with Crippen LogP contribution in [0.2, 0.25) is 0 Å². The Balaban J connectivity index is 1.85. The van der Waals surface area contributed by atoms with E-state index in [0.717, 1.165) is 11.3 Å². The van der Waals surface area contributed by atoms with E-state index in [0.29, 0.717) is 26.1 Å². The summed E-state index contributed by atoms with van der Waals surface area (Å²) in [7, 11) is 1.61. The fourth-order valence-electron chi connectivity index (χ4n) is 2.50. The number of nitrogens with zero attached hydrogens (tertiary/aromatic N) is 1. The number of carbonyl (C=O) groups excluding carboxylic acids is 2. The van der Waals surface area contributed by atoms with Gasteiger partial charge in [0.05, 0.1) is 19.6 Å². The fraction of sp³-hybridized carbons (Fsp3) is 0.500. The number of benzene rings is 1. The number of likely N-dealkylation sites (tertiary alicyclic amines) is 1. The van der Waals surface area contributed by atoms with Gasteiger partial charge in [0.25, 0.3) is 5.91 Å². The maximum Gasteiger partial charge on any atom is 0.251 e. The van der Waals surface area contributed by atoms with Crippen LogP contribution in [0.4, 0.5) is 0 Å². The molecular weight excluding hydrogens is 284 g/mol. The Bertz CT molecular complexity index is 547. The Morgan fingerprint density at radius 3 is 2.86 bits per heavy atom. The van der Waals surface area contributed by atoms with Crippen molar-refractivity contribution < 1.29 is 19.1 Å². The van der Waals surface area contributed by atoms with E-state index in [9.17, 15) is 9.59 Å². The van der Waals surface area contributed by atoms with E-state index in [1.54, 1.807) is 18.9 Å². The van der Waals surface area contributed by atoms with Gasteiger partial charge >= 0.3 is 0 Å². The molecule has 1 aromatic carbocycles. The van der Waals surface area contributed by atoms with Gasteiger partial charge < -0.3 is 20.1 Å². The van der Waals surface area contributed by atoms with Crippen LogP contribution in [-0.4, -0.2) is 43.0 Å². The van der Waals surface area contributed by atoms with Crippen LogP contribution >= 0.6 is 0 Å². The Hall–Kier alpha value is -2.08. The van der Waals surface area contributed by atoms with Crippen LogP contribution in [0.15, 0.2) is 24.3 Å². The third-order valence-electron chi connectivity index (χ3n) is 3.88. The zero-order chi connectivity index (χ0) is 16.1. The number of primary amides is 1. The van der Waals surface area contributed by atoms with Crippen molar-refractivity contribution >= 4 is 11.8 Å². The Labute approximate surface area is 130 Å². The predicted octanol–water partition coefficient (Wildman–Crippen LogP) is 0.934. The third-order valence-corrected chi connectivity index (χ3v) is 3.88. The summed E-state index contributed by atoms with van der Waals surface area (Å²) in [4.78, 5) is 25.1. The van der Waals surface area contributed by atoms with Crippen LogP contribution in [0.25, 0.3) is 0 Å². The topological polar surface area (TPSA) is 81.9 Å². The normalized spacial score (nSPS) is 19.0. The highest BCUT2D eigenvalue weighted by molar-refractivity contribution is 5.83. The Kier molecular flexibility index (Phi) is 5.38. The van der Waals surface area contributed by atoms with E-state index in [2.05, 4.69) is 0 Å². The molecule has 0 saturated carbocycles. The number of carbonyl (C=O) groups is 2. The number of methoxy groups -OCH3 is 1. The number of nitrogens with two attached hydrogens (primary N) is 1. The predicted molar refractivity (Wildman–Crippen MR) is 81.1 cm³/mol. The van der Waals surface area contributed by atoms with Gasteiger partial charge in [0.1, 0.15) is 11.9 Å². The van der Waals surface area contributed by atoms with Crippen LogP contribution in [0, 0.1) is 5.92 Å². The maximum atomic E-state index is 12.3. The Morgan fingerprint density at radius 1 is 1.45 bits per heavy atom. The first-order chi connectivity index (χ1) is 10.5. The second kappa shape index (κ2) is 7.26. The number of amides is 2. The number of hydrogen-bond acceptors (Lipinski definition) is 4. The summed E-state index contributed by atoms with van der Waals surface area (Å²) in [6.07, 6.45) is 0.0711. The van der Waals surface area contributed by atoms with Crippen molar-refractivity contribution in [2.75, 3.05) is 20.2 Å². The summed E-state index contributed by atoms with van der Waals surface area (Å²) in [6, 6.07) is 7.52. The van der Waals surface area contributed by atoms with Gasteiger partial charge in [-0.05, 0) is 31.0 Å². The van der Waals surface area contributed by atoms with Crippen molar-refractivity contribution in [3.05, 3.63) is 29.8 Å². The molecule has 1 aliphatic rings. The van der Waals surface area contributed by atoms with E-state index < -0.39 is 6.10 Å². The first-order valence-corrected chi connectivity index (χ1v) is 7.34. The smallest absolute Gasteiger partial charge is 0.251 e. The molecule has 6 heteroatoms. The van der Waals surface area contributed by atoms with Crippen LogP contribution in [-0.2, 0) is 20.9 Å². The molecule has 0 unspecified atom stereocenters. The number of ether oxygens (including phenoxy) is 2. The standard InChI is InChI=1S/C16H22N2O4/c1-11(16(20)18-7-6-13(9-18)15(17)19)22-10-12-4-3-5-14(8-12)21-2/h3-5,8,11,13H,6-7,9-10H2,1-2H3,(H2,17,19)/t11-,13-/m1/s1. The van der Waals surface area contributed by atoms with Gasteiger partial charge in [-0.15, -0.1) is 0 Å². The molecule has 22 heavy (non-hydrogen) atoms. The van der Waals surface area contributed by atoms with Crippen LogP contribution < -0.4 is 10.5 Å². The minimum absolute atomic E-state index is 0.105. The zero-order valence-corrected chi connectivity index (χ0v) is 13.0. The van der Waals surface area contributed by atoms with Crippen molar-refractivity contribution in [1.29, 1.82) is 0 Å². The van der Waals surface area contributed by atoms with Crippen molar-refractivity contribution in [3.8, 4) is 5.75 Å².